The first-order chi connectivity index (χ1) is 11.1. The molecule has 2 rings (SSSR count). The van der Waals surface area contributed by atoms with Crippen LogP contribution in [0.5, 0.6) is 0 Å². The van der Waals surface area contributed by atoms with E-state index in [1.54, 1.807) is 0 Å². The quantitative estimate of drug-likeness (QED) is 0.285. The Morgan fingerprint density at radius 2 is 1.96 bits per heavy atom. The number of halogens is 1. The van der Waals surface area contributed by atoms with Crippen molar-refractivity contribution >= 4 is 40.0 Å². The fourth-order valence-corrected chi connectivity index (χ4v) is 4.47. The molecule has 7 nitrogen and oxygen atoms in total. The third-order valence-corrected chi connectivity index (χ3v) is 5.34. The lowest BCUT2D eigenvalue weighted by Crippen LogP contribution is -2.48. The summed E-state index contributed by atoms with van der Waals surface area (Å²) in [6, 6.07) is 1.79. The maximum Gasteiger partial charge on any atom is 0.209 e. The van der Waals surface area contributed by atoms with Crippen LogP contribution in [0, 0.1) is 0 Å². The van der Waals surface area contributed by atoms with E-state index in [1.165, 1.54) is 19.1 Å². The number of rotatable bonds is 7. The molecule has 1 saturated carbocycles. The fraction of sp³-hybridized carbons (Fsp3) is 0.938. The Hall–Kier alpha value is -0.130. The van der Waals surface area contributed by atoms with Gasteiger partial charge in [-0.3, -0.25) is 9.89 Å². The number of guanidine groups is 1. The van der Waals surface area contributed by atoms with E-state index in [9.17, 15) is 8.42 Å². The lowest BCUT2D eigenvalue weighted by atomic mass is 10.1. The summed E-state index contributed by atoms with van der Waals surface area (Å²) in [5, 5.41) is 6.78. The molecule has 1 aliphatic heterocycles. The number of hydrogen-bond acceptors (Lipinski definition) is 4. The summed E-state index contributed by atoms with van der Waals surface area (Å²) in [4.78, 5) is 7.19. The monoisotopic (exact) mass is 487 g/mol. The van der Waals surface area contributed by atoms with Crippen molar-refractivity contribution in [1.82, 2.24) is 20.3 Å². The molecule has 2 unspecified atom stereocenters. The summed E-state index contributed by atoms with van der Waals surface area (Å²) >= 11 is 0. The largest absolute Gasteiger partial charge is 0.357 e. The minimum Gasteiger partial charge on any atom is -0.357 e. The van der Waals surface area contributed by atoms with E-state index in [0.29, 0.717) is 18.6 Å². The molecule has 0 radical (unpaired) electrons. The zero-order chi connectivity index (χ0) is 18.0. The first kappa shape index (κ1) is 22.9. The standard InChI is InChI=1S/C16H33N5O2S.HI/c1-6-17-15(18-11-16(3,4)20-24(5,22)23)19-13-9-12(2)21(10-13)14-7-8-14;/h12-14,20H,6-11H2,1-5H3,(H2,17,18,19);1H. The third kappa shape index (κ3) is 7.96. The maximum atomic E-state index is 11.4. The van der Waals surface area contributed by atoms with Gasteiger partial charge in [-0.2, -0.15) is 0 Å². The van der Waals surface area contributed by atoms with Crippen LogP contribution in [-0.2, 0) is 10.0 Å². The average molecular weight is 487 g/mol. The van der Waals surface area contributed by atoms with Crippen LogP contribution in [0.25, 0.3) is 0 Å². The third-order valence-electron chi connectivity index (χ3n) is 4.42. The van der Waals surface area contributed by atoms with Crippen LogP contribution in [0.3, 0.4) is 0 Å². The SMILES string of the molecule is CCNC(=NCC(C)(C)NS(C)(=O)=O)NC1CC(C)N(C2CC2)C1.I. The molecule has 0 aromatic rings. The second-order valence-electron chi connectivity index (χ2n) is 7.81. The van der Waals surface area contributed by atoms with Crippen molar-refractivity contribution in [3.8, 4) is 0 Å². The molecule has 1 heterocycles. The lowest BCUT2D eigenvalue weighted by Gasteiger charge is -2.24. The van der Waals surface area contributed by atoms with Crippen LogP contribution in [0.15, 0.2) is 4.99 Å². The Morgan fingerprint density at radius 1 is 1.32 bits per heavy atom. The minimum atomic E-state index is -3.25. The Labute approximate surface area is 169 Å². The normalized spacial score (nSPS) is 25.6. The summed E-state index contributed by atoms with van der Waals surface area (Å²) in [6.07, 6.45) is 4.95. The molecule has 0 aromatic carbocycles. The van der Waals surface area contributed by atoms with Crippen molar-refractivity contribution < 1.29 is 8.42 Å². The highest BCUT2D eigenvalue weighted by molar-refractivity contribution is 14.0. The van der Waals surface area contributed by atoms with Crippen LogP contribution in [0.4, 0.5) is 0 Å². The van der Waals surface area contributed by atoms with Gasteiger partial charge in [-0.1, -0.05) is 0 Å². The van der Waals surface area contributed by atoms with Crippen molar-refractivity contribution in [1.29, 1.82) is 0 Å². The molecule has 0 aromatic heterocycles. The van der Waals surface area contributed by atoms with Crippen molar-refractivity contribution in [2.45, 2.75) is 70.6 Å². The highest BCUT2D eigenvalue weighted by Gasteiger charge is 2.38. The van der Waals surface area contributed by atoms with Gasteiger partial charge in [0.2, 0.25) is 10.0 Å². The minimum absolute atomic E-state index is 0. The summed E-state index contributed by atoms with van der Waals surface area (Å²) in [5.74, 6) is 0.760. The number of hydrogen-bond donors (Lipinski definition) is 3. The summed E-state index contributed by atoms with van der Waals surface area (Å²) in [6.45, 7) is 10.2. The molecule has 1 saturated heterocycles. The predicted octanol–water partition coefficient (Wildman–Crippen LogP) is 1.11. The van der Waals surface area contributed by atoms with E-state index in [4.69, 9.17) is 0 Å². The van der Waals surface area contributed by atoms with Crippen LogP contribution >= 0.6 is 24.0 Å². The molecule has 2 aliphatic rings. The molecule has 0 spiro atoms. The van der Waals surface area contributed by atoms with Crippen molar-refractivity contribution in [3.05, 3.63) is 0 Å². The molecule has 1 aliphatic carbocycles. The Kier molecular flexibility index (Phi) is 8.42. The van der Waals surface area contributed by atoms with E-state index in [1.807, 2.05) is 20.8 Å². The smallest absolute Gasteiger partial charge is 0.209 e. The second kappa shape index (κ2) is 9.18. The van der Waals surface area contributed by atoms with Gasteiger partial charge in [0, 0.05) is 36.8 Å². The van der Waals surface area contributed by atoms with Crippen molar-refractivity contribution in [2.75, 3.05) is 25.9 Å². The van der Waals surface area contributed by atoms with Gasteiger partial charge in [0.1, 0.15) is 0 Å². The Morgan fingerprint density at radius 3 is 2.48 bits per heavy atom. The molecule has 2 atom stereocenters. The predicted molar refractivity (Wildman–Crippen MR) is 114 cm³/mol. The molecule has 3 N–H and O–H groups in total. The molecule has 25 heavy (non-hydrogen) atoms. The van der Waals surface area contributed by atoms with Gasteiger partial charge in [0.05, 0.1) is 12.8 Å². The molecule has 0 bridgehead atoms. The van der Waals surface area contributed by atoms with Crippen LogP contribution < -0.4 is 15.4 Å². The van der Waals surface area contributed by atoms with Crippen LogP contribution in [0.2, 0.25) is 0 Å². The molecular weight excluding hydrogens is 453 g/mol. The maximum absolute atomic E-state index is 11.4. The van der Waals surface area contributed by atoms with Gasteiger partial charge in [0.25, 0.3) is 0 Å². The molecule has 9 heteroatoms. The highest BCUT2D eigenvalue weighted by Crippen LogP contribution is 2.33. The van der Waals surface area contributed by atoms with Gasteiger partial charge in [-0.25, -0.2) is 13.1 Å². The van der Waals surface area contributed by atoms with Gasteiger partial charge in [0.15, 0.2) is 5.96 Å². The number of nitrogens with one attached hydrogen (secondary N) is 3. The molecule has 0 amide bonds. The molecule has 148 valence electrons. The second-order valence-corrected chi connectivity index (χ2v) is 9.56. The summed E-state index contributed by atoms with van der Waals surface area (Å²) < 4.78 is 25.5. The number of aliphatic imine (C=N–C) groups is 1. The van der Waals surface area contributed by atoms with Crippen molar-refractivity contribution in [2.24, 2.45) is 4.99 Å². The van der Waals surface area contributed by atoms with Gasteiger partial charge < -0.3 is 10.6 Å². The van der Waals surface area contributed by atoms with E-state index in [0.717, 1.165) is 31.5 Å². The lowest BCUT2D eigenvalue weighted by molar-refractivity contribution is 0.256. The number of sulfonamides is 1. The first-order valence-corrected chi connectivity index (χ1v) is 10.8. The first-order valence-electron chi connectivity index (χ1n) is 8.89. The Bertz CT molecular complexity index is 563. The fourth-order valence-electron chi connectivity index (χ4n) is 3.40. The molecular formula is C16H34IN5O2S. The van der Waals surface area contributed by atoms with E-state index in [2.05, 4.69) is 32.2 Å². The van der Waals surface area contributed by atoms with Crippen LogP contribution in [-0.4, -0.2) is 68.8 Å². The topological polar surface area (TPSA) is 85.8 Å². The van der Waals surface area contributed by atoms with Gasteiger partial charge in [-0.05, 0) is 47.0 Å². The van der Waals surface area contributed by atoms with E-state index < -0.39 is 15.6 Å². The van der Waals surface area contributed by atoms with Crippen molar-refractivity contribution in [3.63, 3.8) is 0 Å². The van der Waals surface area contributed by atoms with Crippen LogP contribution in [0.1, 0.15) is 47.0 Å². The summed E-state index contributed by atoms with van der Waals surface area (Å²) in [5.41, 5.74) is -0.612. The highest BCUT2D eigenvalue weighted by atomic mass is 127. The molecule has 2 fully saturated rings. The zero-order valence-corrected chi connectivity index (χ0v) is 19.1. The number of nitrogens with zero attached hydrogens (tertiary/aromatic N) is 2. The van der Waals surface area contributed by atoms with E-state index in [-0.39, 0.29) is 24.0 Å². The van der Waals surface area contributed by atoms with E-state index >= 15 is 0 Å². The average Bonchev–Trinajstić information content (AvgIpc) is 3.18. The van der Waals surface area contributed by atoms with Gasteiger partial charge in [-0.15, -0.1) is 24.0 Å². The number of likely N-dealkylation sites (tertiary alicyclic amines) is 1. The summed E-state index contributed by atoms with van der Waals surface area (Å²) in [7, 11) is -3.25. The Balaban J connectivity index is 0.00000312. The zero-order valence-electron chi connectivity index (χ0n) is 16.0. The van der Waals surface area contributed by atoms with Gasteiger partial charge >= 0.3 is 0 Å².